The van der Waals surface area contributed by atoms with Gasteiger partial charge in [-0.2, -0.15) is 0 Å². The van der Waals surface area contributed by atoms with Crippen molar-refractivity contribution in [2.75, 3.05) is 0 Å². The third-order valence-electron chi connectivity index (χ3n) is 1.99. The predicted molar refractivity (Wildman–Crippen MR) is 61.4 cm³/mol. The van der Waals surface area contributed by atoms with E-state index in [1.54, 1.807) is 0 Å². The van der Waals surface area contributed by atoms with Crippen molar-refractivity contribution in [1.82, 2.24) is 0 Å². The summed E-state index contributed by atoms with van der Waals surface area (Å²) < 4.78 is 0. The Labute approximate surface area is 115 Å². The molecule has 0 aliphatic carbocycles. The fourth-order valence-electron chi connectivity index (χ4n) is 1.35. The van der Waals surface area contributed by atoms with Crippen molar-refractivity contribution in [3.05, 3.63) is 47.5 Å². The van der Waals surface area contributed by atoms with Crippen LogP contribution in [0.4, 0.5) is 0 Å². The van der Waals surface area contributed by atoms with Crippen molar-refractivity contribution in [2.24, 2.45) is 0 Å². The van der Waals surface area contributed by atoms with Gasteiger partial charge in [-0.05, 0) is 24.1 Å². The van der Waals surface area contributed by atoms with E-state index in [0.717, 1.165) is 0 Å². The van der Waals surface area contributed by atoms with Gasteiger partial charge in [0.05, 0.1) is 11.1 Å². The summed E-state index contributed by atoms with van der Waals surface area (Å²) >= 11 is 0. The van der Waals surface area contributed by atoms with E-state index >= 15 is 0 Å². The number of carboxylic acids is 2. The fraction of sp³-hybridized carbons (Fsp3) is 0.0909. The van der Waals surface area contributed by atoms with E-state index in [4.69, 9.17) is 10.2 Å². The fourth-order valence-corrected chi connectivity index (χ4v) is 1.35. The van der Waals surface area contributed by atoms with E-state index in [9.17, 15) is 9.59 Å². The van der Waals surface area contributed by atoms with E-state index in [1.807, 2.05) is 0 Å². The minimum atomic E-state index is -1.13. The number of hydrogen-bond donors (Lipinski definition) is 2. The monoisotopic (exact) mass is 230 g/mol. The van der Waals surface area contributed by atoms with Gasteiger partial charge < -0.3 is 10.2 Å². The zero-order chi connectivity index (χ0) is 11.4. The Kier molecular flexibility index (Phi) is 6.03. The molecule has 0 aliphatic rings. The van der Waals surface area contributed by atoms with Crippen molar-refractivity contribution < 1.29 is 19.8 Å². The van der Waals surface area contributed by atoms with Crippen LogP contribution in [-0.4, -0.2) is 51.7 Å². The molecule has 80 valence electrons. The zero-order valence-corrected chi connectivity index (χ0v) is 7.93. The molecule has 0 bridgehead atoms. The van der Waals surface area contributed by atoms with Gasteiger partial charge >= 0.3 is 41.5 Å². The molecule has 0 atom stereocenters. The Bertz CT molecular complexity index is 394. The van der Waals surface area contributed by atoms with E-state index in [0.29, 0.717) is 0 Å². The average Bonchev–Trinajstić information content (AvgIpc) is 2.17. The van der Waals surface area contributed by atoms with E-state index in [-0.39, 0.29) is 52.7 Å². The summed E-state index contributed by atoms with van der Waals surface area (Å²) in [6.07, 6.45) is 1.71. The van der Waals surface area contributed by atoms with E-state index < -0.39 is 11.9 Å². The maximum atomic E-state index is 10.8. The van der Waals surface area contributed by atoms with Crippen molar-refractivity contribution >= 4 is 41.5 Å². The molecule has 0 aromatic heterocycles. The standard InChI is InChI=1S/C11H10O4.Na.H/c1-2-4-7-8(10(12)13)5-3-6-9(7)11(14)15;;/h2-3,5-6H,1,4H2,(H,12,13)(H,14,15);;. The molecule has 0 unspecified atom stereocenters. The Hall–Kier alpha value is -1.10. The molecule has 0 heterocycles. The van der Waals surface area contributed by atoms with Crippen LogP contribution in [0.1, 0.15) is 26.3 Å². The van der Waals surface area contributed by atoms with Gasteiger partial charge in [0.2, 0.25) is 0 Å². The molecule has 1 aromatic carbocycles. The van der Waals surface area contributed by atoms with Crippen LogP contribution in [-0.2, 0) is 6.42 Å². The quantitative estimate of drug-likeness (QED) is 0.601. The average molecular weight is 230 g/mol. The molecule has 1 rings (SSSR count). The van der Waals surface area contributed by atoms with Crippen LogP contribution in [0, 0.1) is 0 Å². The van der Waals surface area contributed by atoms with Crippen molar-refractivity contribution in [3.8, 4) is 0 Å². The summed E-state index contributed by atoms with van der Waals surface area (Å²) in [6.45, 7) is 3.47. The third kappa shape index (κ3) is 3.20. The summed E-state index contributed by atoms with van der Waals surface area (Å²) in [5.41, 5.74) is 0.303. The van der Waals surface area contributed by atoms with Gasteiger partial charge in [-0.25, -0.2) is 9.59 Å². The number of carbonyl (C=O) groups is 2. The Morgan fingerprint density at radius 2 is 1.62 bits per heavy atom. The third-order valence-corrected chi connectivity index (χ3v) is 1.99. The second-order valence-corrected chi connectivity index (χ2v) is 2.93. The van der Waals surface area contributed by atoms with Crippen LogP contribution in [0.3, 0.4) is 0 Å². The van der Waals surface area contributed by atoms with Gasteiger partial charge in [0.25, 0.3) is 0 Å². The van der Waals surface area contributed by atoms with Crippen molar-refractivity contribution in [2.45, 2.75) is 6.42 Å². The van der Waals surface area contributed by atoms with Gasteiger partial charge in [-0.3, -0.25) is 0 Å². The Balaban J connectivity index is 0.00000225. The molecule has 1 aromatic rings. The second-order valence-electron chi connectivity index (χ2n) is 2.93. The van der Waals surface area contributed by atoms with Gasteiger partial charge in [0, 0.05) is 0 Å². The number of carboxylic acid groups (broad SMARTS) is 2. The van der Waals surface area contributed by atoms with Crippen molar-refractivity contribution in [1.29, 1.82) is 0 Å². The molecule has 0 saturated carbocycles. The van der Waals surface area contributed by atoms with Crippen LogP contribution in [0.15, 0.2) is 30.9 Å². The van der Waals surface area contributed by atoms with Crippen LogP contribution >= 0.6 is 0 Å². The molecule has 0 fully saturated rings. The molecular weight excluding hydrogens is 219 g/mol. The van der Waals surface area contributed by atoms with Gasteiger partial charge in [0.1, 0.15) is 0 Å². The number of rotatable bonds is 4. The molecule has 2 N–H and O–H groups in total. The molecule has 5 heteroatoms. The SMILES string of the molecule is C=CCc1c(C(=O)O)cccc1C(=O)O.[NaH]. The van der Waals surface area contributed by atoms with Crippen LogP contribution in [0.25, 0.3) is 0 Å². The molecule has 4 nitrogen and oxygen atoms in total. The number of hydrogen-bond acceptors (Lipinski definition) is 2. The van der Waals surface area contributed by atoms with Gasteiger partial charge in [-0.1, -0.05) is 12.1 Å². The van der Waals surface area contributed by atoms with E-state index in [2.05, 4.69) is 6.58 Å². The molecule has 0 spiro atoms. The summed E-state index contributed by atoms with van der Waals surface area (Å²) in [4.78, 5) is 21.7. The summed E-state index contributed by atoms with van der Waals surface area (Å²) in [5.74, 6) is -2.26. The minimum absolute atomic E-state index is 0. The molecular formula is C11H11NaO4. The van der Waals surface area contributed by atoms with Crippen LogP contribution < -0.4 is 0 Å². The van der Waals surface area contributed by atoms with Crippen LogP contribution in [0.2, 0.25) is 0 Å². The molecule has 0 saturated heterocycles. The Morgan fingerprint density at radius 1 is 1.19 bits per heavy atom. The number of benzene rings is 1. The first-order valence-electron chi connectivity index (χ1n) is 4.27. The van der Waals surface area contributed by atoms with Gasteiger partial charge in [-0.15, -0.1) is 6.58 Å². The zero-order valence-electron chi connectivity index (χ0n) is 7.93. The second kappa shape index (κ2) is 6.48. The summed E-state index contributed by atoms with van der Waals surface area (Å²) in [6, 6.07) is 4.18. The van der Waals surface area contributed by atoms with Gasteiger partial charge in [0.15, 0.2) is 0 Å². The first-order chi connectivity index (χ1) is 7.07. The topological polar surface area (TPSA) is 74.6 Å². The normalized spacial score (nSPS) is 9.00. The predicted octanol–water partition coefficient (Wildman–Crippen LogP) is 1.16. The summed E-state index contributed by atoms with van der Waals surface area (Å²) in [7, 11) is 0. The summed E-state index contributed by atoms with van der Waals surface area (Å²) in [5, 5.41) is 17.7. The Morgan fingerprint density at radius 3 is 1.94 bits per heavy atom. The van der Waals surface area contributed by atoms with E-state index in [1.165, 1.54) is 24.3 Å². The molecule has 0 radical (unpaired) electrons. The first kappa shape index (κ1) is 14.9. The van der Waals surface area contributed by atoms with Crippen molar-refractivity contribution in [3.63, 3.8) is 0 Å². The molecule has 16 heavy (non-hydrogen) atoms. The first-order valence-corrected chi connectivity index (χ1v) is 4.27. The molecule has 0 aliphatic heterocycles. The maximum absolute atomic E-state index is 10.8. The molecule has 0 amide bonds. The number of allylic oxidation sites excluding steroid dienone is 1. The number of aromatic carboxylic acids is 2. The van der Waals surface area contributed by atoms with Crippen LogP contribution in [0.5, 0.6) is 0 Å².